The number of hydrogen-bond acceptors (Lipinski definition) is 3. The SMILES string of the molecule is Cc1cc(C(=O)[C@H](C)[NH+]2CCN(c3ccccc3)CC2)c(C)n1Cc1ccco1. The van der Waals surface area contributed by atoms with Crippen LogP contribution in [0.3, 0.4) is 0 Å². The number of furan rings is 1. The van der Waals surface area contributed by atoms with Gasteiger partial charge in [-0.05, 0) is 51.1 Å². The third kappa shape index (κ3) is 4.01. The molecule has 0 unspecified atom stereocenters. The first-order valence-electron chi connectivity index (χ1n) is 10.4. The van der Waals surface area contributed by atoms with Gasteiger partial charge in [-0.15, -0.1) is 0 Å². The average Bonchev–Trinajstić information content (AvgIpc) is 3.37. The molecule has 0 radical (unpaired) electrons. The third-order valence-corrected chi connectivity index (χ3v) is 6.27. The van der Waals surface area contributed by atoms with Crippen molar-refractivity contribution in [2.24, 2.45) is 0 Å². The topological polar surface area (TPSA) is 42.8 Å². The van der Waals surface area contributed by atoms with Crippen molar-refractivity contribution in [2.45, 2.75) is 33.4 Å². The van der Waals surface area contributed by atoms with Gasteiger partial charge in [0.2, 0.25) is 5.78 Å². The van der Waals surface area contributed by atoms with Crippen LogP contribution in [0, 0.1) is 13.8 Å². The molecule has 5 heteroatoms. The number of rotatable bonds is 6. The van der Waals surface area contributed by atoms with E-state index < -0.39 is 0 Å². The second kappa shape index (κ2) is 8.29. The fourth-order valence-corrected chi connectivity index (χ4v) is 4.39. The van der Waals surface area contributed by atoms with Gasteiger partial charge < -0.3 is 18.8 Å². The number of aryl methyl sites for hydroxylation is 1. The number of carbonyl (C=O) groups is 1. The van der Waals surface area contributed by atoms with Crippen LogP contribution in [0.2, 0.25) is 0 Å². The van der Waals surface area contributed by atoms with E-state index in [4.69, 9.17) is 4.42 Å². The Hall–Kier alpha value is -2.79. The molecule has 0 amide bonds. The summed E-state index contributed by atoms with van der Waals surface area (Å²) in [5, 5.41) is 0. The van der Waals surface area contributed by atoms with E-state index in [1.807, 2.05) is 31.2 Å². The van der Waals surface area contributed by atoms with Crippen LogP contribution in [0.1, 0.15) is 34.4 Å². The van der Waals surface area contributed by atoms with E-state index in [-0.39, 0.29) is 11.8 Å². The third-order valence-electron chi connectivity index (χ3n) is 6.27. The molecule has 1 N–H and O–H groups in total. The minimum atomic E-state index is -0.0366. The van der Waals surface area contributed by atoms with Crippen molar-refractivity contribution in [3.05, 3.63) is 77.5 Å². The Morgan fingerprint density at radius 2 is 1.83 bits per heavy atom. The van der Waals surface area contributed by atoms with Gasteiger partial charge in [0.25, 0.3) is 0 Å². The van der Waals surface area contributed by atoms with Crippen molar-refractivity contribution < 1.29 is 14.1 Å². The van der Waals surface area contributed by atoms with E-state index >= 15 is 0 Å². The molecule has 1 atom stereocenters. The molecule has 1 aromatic carbocycles. The predicted molar refractivity (Wildman–Crippen MR) is 115 cm³/mol. The molecule has 1 aliphatic heterocycles. The maximum absolute atomic E-state index is 13.3. The van der Waals surface area contributed by atoms with Crippen LogP contribution in [0.15, 0.2) is 59.2 Å². The van der Waals surface area contributed by atoms with E-state index in [2.05, 4.69) is 47.6 Å². The van der Waals surface area contributed by atoms with Crippen LogP contribution in [0.5, 0.6) is 0 Å². The molecule has 0 bridgehead atoms. The number of nitrogens with zero attached hydrogens (tertiary/aromatic N) is 2. The second-order valence-corrected chi connectivity index (χ2v) is 8.02. The van der Waals surface area contributed by atoms with E-state index in [1.54, 1.807) is 6.26 Å². The van der Waals surface area contributed by atoms with Gasteiger partial charge in [-0.3, -0.25) is 4.79 Å². The highest BCUT2D eigenvalue weighted by atomic mass is 16.3. The molecular weight excluding hydrogens is 362 g/mol. The minimum Gasteiger partial charge on any atom is -0.467 e. The number of piperazine rings is 1. The molecule has 4 rings (SSSR count). The summed E-state index contributed by atoms with van der Waals surface area (Å²) in [6.45, 7) is 10.8. The lowest BCUT2D eigenvalue weighted by atomic mass is 10.0. The Morgan fingerprint density at radius 1 is 1.10 bits per heavy atom. The van der Waals surface area contributed by atoms with Crippen molar-refractivity contribution >= 4 is 11.5 Å². The van der Waals surface area contributed by atoms with Crippen LogP contribution in [-0.4, -0.2) is 42.6 Å². The smallest absolute Gasteiger partial charge is 0.221 e. The van der Waals surface area contributed by atoms with Crippen LogP contribution in [0.4, 0.5) is 5.69 Å². The van der Waals surface area contributed by atoms with Gasteiger partial charge in [-0.1, -0.05) is 18.2 Å². The van der Waals surface area contributed by atoms with Gasteiger partial charge in [0, 0.05) is 22.6 Å². The predicted octanol–water partition coefficient (Wildman–Crippen LogP) is 2.72. The van der Waals surface area contributed by atoms with Crippen LogP contribution in [0.25, 0.3) is 0 Å². The summed E-state index contributed by atoms with van der Waals surface area (Å²) in [6.07, 6.45) is 1.69. The summed E-state index contributed by atoms with van der Waals surface area (Å²) in [7, 11) is 0. The lowest BCUT2D eigenvalue weighted by molar-refractivity contribution is -0.914. The maximum Gasteiger partial charge on any atom is 0.221 e. The molecule has 3 heterocycles. The fourth-order valence-electron chi connectivity index (χ4n) is 4.39. The molecule has 0 aliphatic carbocycles. The van der Waals surface area contributed by atoms with Crippen LogP contribution < -0.4 is 9.80 Å². The molecule has 1 fully saturated rings. The molecule has 0 spiro atoms. The van der Waals surface area contributed by atoms with Gasteiger partial charge in [-0.2, -0.15) is 0 Å². The largest absolute Gasteiger partial charge is 0.467 e. The van der Waals surface area contributed by atoms with Gasteiger partial charge in [0.15, 0.2) is 0 Å². The van der Waals surface area contributed by atoms with Crippen molar-refractivity contribution in [2.75, 3.05) is 31.1 Å². The van der Waals surface area contributed by atoms with Gasteiger partial charge in [0.1, 0.15) is 11.8 Å². The van der Waals surface area contributed by atoms with E-state index in [9.17, 15) is 4.79 Å². The zero-order valence-corrected chi connectivity index (χ0v) is 17.5. The van der Waals surface area contributed by atoms with Crippen molar-refractivity contribution in [3.63, 3.8) is 0 Å². The van der Waals surface area contributed by atoms with Crippen molar-refractivity contribution in [1.29, 1.82) is 0 Å². The number of carbonyl (C=O) groups excluding carboxylic acids is 1. The van der Waals surface area contributed by atoms with E-state index in [0.29, 0.717) is 6.54 Å². The first kappa shape index (κ1) is 19.5. The summed E-state index contributed by atoms with van der Waals surface area (Å²) in [5.41, 5.74) is 4.24. The zero-order valence-electron chi connectivity index (χ0n) is 17.5. The summed E-state index contributed by atoms with van der Waals surface area (Å²) in [6, 6.07) is 16.4. The lowest BCUT2D eigenvalue weighted by Crippen LogP contribution is -3.18. The second-order valence-electron chi connectivity index (χ2n) is 8.02. The van der Waals surface area contributed by atoms with Crippen LogP contribution >= 0.6 is 0 Å². The number of quaternary nitrogens is 1. The Morgan fingerprint density at radius 3 is 2.48 bits per heavy atom. The fraction of sp³-hybridized carbons (Fsp3) is 0.375. The monoisotopic (exact) mass is 392 g/mol. The Kier molecular flexibility index (Phi) is 5.58. The number of nitrogens with one attached hydrogen (secondary N) is 1. The summed E-state index contributed by atoms with van der Waals surface area (Å²) < 4.78 is 7.66. The quantitative estimate of drug-likeness (QED) is 0.656. The van der Waals surface area contributed by atoms with E-state index in [0.717, 1.165) is 48.9 Å². The molecule has 152 valence electrons. The Labute approximate surface area is 172 Å². The van der Waals surface area contributed by atoms with E-state index in [1.165, 1.54) is 10.6 Å². The normalized spacial score (nSPS) is 16.2. The highest BCUT2D eigenvalue weighted by Crippen LogP contribution is 2.19. The highest BCUT2D eigenvalue weighted by molar-refractivity contribution is 6.00. The summed E-state index contributed by atoms with van der Waals surface area (Å²) in [5.74, 6) is 1.15. The van der Waals surface area contributed by atoms with Crippen LogP contribution in [-0.2, 0) is 6.54 Å². The Bertz CT molecular complexity index is 952. The number of benzene rings is 1. The Balaban J connectivity index is 1.43. The highest BCUT2D eigenvalue weighted by Gasteiger charge is 2.31. The molecule has 5 nitrogen and oxygen atoms in total. The summed E-state index contributed by atoms with van der Waals surface area (Å²) >= 11 is 0. The molecule has 1 saturated heterocycles. The van der Waals surface area contributed by atoms with Gasteiger partial charge in [-0.25, -0.2) is 0 Å². The lowest BCUT2D eigenvalue weighted by Gasteiger charge is -2.36. The first-order valence-corrected chi connectivity index (χ1v) is 10.4. The molecular formula is C24H30N3O2+. The van der Waals surface area contributed by atoms with Crippen molar-refractivity contribution in [3.8, 4) is 0 Å². The minimum absolute atomic E-state index is 0.0366. The zero-order chi connectivity index (χ0) is 20.4. The molecule has 29 heavy (non-hydrogen) atoms. The maximum atomic E-state index is 13.3. The number of aromatic nitrogens is 1. The molecule has 0 saturated carbocycles. The average molecular weight is 393 g/mol. The number of ketones is 1. The number of Topliss-reactive ketones (excluding diaryl/α,β-unsaturated/α-hetero) is 1. The molecule has 1 aliphatic rings. The summed E-state index contributed by atoms with van der Waals surface area (Å²) in [4.78, 5) is 17.1. The van der Waals surface area contributed by atoms with Crippen molar-refractivity contribution in [1.82, 2.24) is 4.57 Å². The van der Waals surface area contributed by atoms with Gasteiger partial charge in [0.05, 0.1) is 39.0 Å². The molecule has 2 aromatic heterocycles. The standard InChI is InChI=1S/C24H29N3O2/c1-18-16-23(19(2)27(18)17-22-10-7-15-29-22)24(28)20(3)25-11-13-26(14-12-25)21-8-5-4-6-9-21/h4-10,15-16,20H,11-14,17H2,1-3H3/p+1/t20-/m0/s1. The number of para-hydroxylation sites is 1. The molecule has 3 aromatic rings. The van der Waals surface area contributed by atoms with Gasteiger partial charge >= 0.3 is 0 Å². The number of hydrogen-bond donors (Lipinski definition) is 1. The first-order chi connectivity index (χ1) is 14.0. The number of anilines is 1.